The van der Waals surface area contributed by atoms with E-state index in [0.717, 1.165) is 16.7 Å². The van der Waals surface area contributed by atoms with Crippen LogP contribution in [-0.4, -0.2) is 14.5 Å². The standard InChI is InChI=1S/C17H15N3O/c1-12-4-3-5-14(10-12)15-16(13-6-8-18-9-7-13)19-11-20(2)17(15)21/h3-11H,1-2H3. The maximum atomic E-state index is 12.6. The van der Waals surface area contributed by atoms with E-state index < -0.39 is 0 Å². The van der Waals surface area contributed by atoms with Crippen molar-refractivity contribution in [2.45, 2.75) is 6.92 Å². The Morgan fingerprint density at radius 1 is 1.05 bits per heavy atom. The van der Waals surface area contributed by atoms with Crippen LogP contribution >= 0.6 is 0 Å². The number of aryl methyl sites for hydroxylation is 2. The van der Waals surface area contributed by atoms with Crippen molar-refractivity contribution in [1.82, 2.24) is 14.5 Å². The molecule has 0 aliphatic carbocycles. The molecule has 4 nitrogen and oxygen atoms in total. The molecule has 104 valence electrons. The van der Waals surface area contributed by atoms with Crippen molar-refractivity contribution in [3.63, 3.8) is 0 Å². The summed E-state index contributed by atoms with van der Waals surface area (Å²) in [7, 11) is 1.71. The molecule has 0 fully saturated rings. The van der Waals surface area contributed by atoms with Crippen LogP contribution in [-0.2, 0) is 7.05 Å². The van der Waals surface area contributed by atoms with Crippen molar-refractivity contribution >= 4 is 0 Å². The lowest BCUT2D eigenvalue weighted by atomic mass is 10.00. The van der Waals surface area contributed by atoms with Gasteiger partial charge in [-0.1, -0.05) is 29.8 Å². The lowest BCUT2D eigenvalue weighted by Crippen LogP contribution is -2.20. The first-order valence-corrected chi connectivity index (χ1v) is 6.70. The molecule has 2 heterocycles. The third-order valence-corrected chi connectivity index (χ3v) is 3.39. The van der Waals surface area contributed by atoms with E-state index >= 15 is 0 Å². The van der Waals surface area contributed by atoms with E-state index in [4.69, 9.17) is 0 Å². The predicted molar refractivity (Wildman–Crippen MR) is 82.9 cm³/mol. The Balaban J connectivity index is 2.33. The first kappa shape index (κ1) is 13.2. The van der Waals surface area contributed by atoms with E-state index in [2.05, 4.69) is 9.97 Å². The molecule has 0 saturated heterocycles. The zero-order valence-corrected chi connectivity index (χ0v) is 11.9. The molecule has 3 aromatic rings. The number of nitrogens with zero attached hydrogens (tertiary/aromatic N) is 3. The first-order chi connectivity index (χ1) is 10.2. The lowest BCUT2D eigenvalue weighted by molar-refractivity contribution is 0.829. The lowest BCUT2D eigenvalue weighted by Gasteiger charge is -2.10. The molecule has 0 atom stereocenters. The summed E-state index contributed by atoms with van der Waals surface area (Å²) in [5.41, 5.74) is 4.14. The topological polar surface area (TPSA) is 47.8 Å². The van der Waals surface area contributed by atoms with Crippen molar-refractivity contribution in [2.75, 3.05) is 0 Å². The average molecular weight is 277 g/mol. The highest BCUT2D eigenvalue weighted by Crippen LogP contribution is 2.27. The zero-order valence-electron chi connectivity index (χ0n) is 11.9. The van der Waals surface area contributed by atoms with Gasteiger partial charge in [0.2, 0.25) is 0 Å². The fourth-order valence-corrected chi connectivity index (χ4v) is 2.33. The molecule has 1 aromatic carbocycles. The van der Waals surface area contributed by atoms with Crippen molar-refractivity contribution in [3.8, 4) is 22.4 Å². The number of pyridine rings is 1. The SMILES string of the molecule is Cc1cccc(-c2c(-c3ccncc3)ncn(C)c2=O)c1. The Bertz CT molecular complexity index is 838. The monoisotopic (exact) mass is 277 g/mol. The summed E-state index contributed by atoms with van der Waals surface area (Å²) in [6, 6.07) is 11.6. The second kappa shape index (κ2) is 5.32. The summed E-state index contributed by atoms with van der Waals surface area (Å²) >= 11 is 0. The van der Waals surface area contributed by atoms with E-state index in [0.29, 0.717) is 11.3 Å². The Morgan fingerprint density at radius 3 is 2.52 bits per heavy atom. The van der Waals surface area contributed by atoms with Gasteiger partial charge in [0.25, 0.3) is 5.56 Å². The van der Waals surface area contributed by atoms with Crippen molar-refractivity contribution in [2.24, 2.45) is 7.05 Å². The summed E-state index contributed by atoms with van der Waals surface area (Å²) in [5, 5.41) is 0. The Kier molecular flexibility index (Phi) is 3.36. The van der Waals surface area contributed by atoms with Crippen LogP contribution in [0.15, 0.2) is 59.9 Å². The zero-order chi connectivity index (χ0) is 14.8. The summed E-state index contributed by atoms with van der Waals surface area (Å²) in [5.74, 6) is 0. The normalized spacial score (nSPS) is 10.6. The Hall–Kier alpha value is -2.75. The molecule has 0 N–H and O–H groups in total. The van der Waals surface area contributed by atoms with Gasteiger partial charge in [0.1, 0.15) is 0 Å². The molecule has 0 aliphatic rings. The summed E-state index contributed by atoms with van der Waals surface area (Å²) in [6.45, 7) is 2.01. The van der Waals surface area contributed by atoms with Crippen LogP contribution in [0.2, 0.25) is 0 Å². The van der Waals surface area contributed by atoms with E-state index in [1.165, 1.54) is 4.57 Å². The van der Waals surface area contributed by atoms with Crippen LogP contribution < -0.4 is 5.56 Å². The van der Waals surface area contributed by atoms with Crippen LogP contribution in [0.1, 0.15) is 5.56 Å². The Labute approximate surface area is 122 Å². The van der Waals surface area contributed by atoms with Gasteiger partial charge in [-0.25, -0.2) is 4.98 Å². The second-order valence-corrected chi connectivity index (χ2v) is 4.99. The molecule has 4 heteroatoms. The number of aromatic nitrogens is 3. The van der Waals surface area contributed by atoms with Crippen LogP contribution in [0.25, 0.3) is 22.4 Å². The third-order valence-electron chi connectivity index (χ3n) is 3.39. The van der Waals surface area contributed by atoms with E-state index in [9.17, 15) is 4.79 Å². The Morgan fingerprint density at radius 2 is 1.81 bits per heavy atom. The molecule has 0 bridgehead atoms. The number of hydrogen-bond donors (Lipinski definition) is 0. The van der Waals surface area contributed by atoms with Gasteiger partial charge < -0.3 is 4.57 Å². The van der Waals surface area contributed by atoms with E-state index in [-0.39, 0.29) is 5.56 Å². The van der Waals surface area contributed by atoms with Gasteiger partial charge in [0.15, 0.2) is 0 Å². The van der Waals surface area contributed by atoms with Gasteiger partial charge in [-0.3, -0.25) is 9.78 Å². The van der Waals surface area contributed by atoms with Gasteiger partial charge in [-0.2, -0.15) is 0 Å². The minimum Gasteiger partial charge on any atom is -0.302 e. The van der Waals surface area contributed by atoms with Crippen molar-refractivity contribution in [3.05, 3.63) is 71.0 Å². The molecule has 0 amide bonds. The maximum absolute atomic E-state index is 12.6. The molecule has 21 heavy (non-hydrogen) atoms. The van der Waals surface area contributed by atoms with E-state index in [1.807, 2.05) is 43.3 Å². The van der Waals surface area contributed by atoms with Gasteiger partial charge in [-0.05, 0) is 24.6 Å². The fourth-order valence-electron chi connectivity index (χ4n) is 2.33. The molecule has 2 aromatic heterocycles. The van der Waals surface area contributed by atoms with Crippen LogP contribution in [0.5, 0.6) is 0 Å². The van der Waals surface area contributed by atoms with Crippen LogP contribution in [0.4, 0.5) is 0 Å². The summed E-state index contributed by atoms with van der Waals surface area (Å²) in [4.78, 5) is 21.0. The van der Waals surface area contributed by atoms with Gasteiger partial charge >= 0.3 is 0 Å². The smallest absolute Gasteiger partial charge is 0.261 e. The van der Waals surface area contributed by atoms with Gasteiger partial charge in [0.05, 0.1) is 17.6 Å². The largest absolute Gasteiger partial charge is 0.302 e. The number of hydrogen-bond acceptors (Lipinski definition) is 3. The average Bonchev–Trinajstić information content (AvgIpc) is 2.50. The predicted octanol–water partition coefficient (Wildman–Crippen LogP) is 2.82. The van der Waals surface area contributed by atoms with Gasteiger partial charge in [-0.15, -0.1) is 0 Å². The highest BCUT2D eigenvalue weighted by molar-refractivity contribution is 5.79. The molecule has 0 radical (unpaired) electrons. The number of rotatable bonds is 2. The highest BCUT2D eigenvalue weighted by Gasteiger charge is 2.14. The molecular formula is C17H15N3O. The second-order valence-electron chi connectivity index (χ2n) is 4.99. The van der Waals surface area contributed by atoms with Crippen molar-refractivity contribution < 1.29 is 0 Å². The highest BCUT2D eigenvalue weighted by atomic mass is 16.1. The number of benzene rings is 1. The molecule has 0 spiro atoms. The minimum absolute atomic E-state index is 0.0533. The third kappa shape index (κ3) is 2.48. The quantitative estimate of drug-likeness (QED) is 0.723. The van der Waals surface area contributed by atoms with Crippen molar-refractivity contribution in [1.29, 1.82) is 0 Å². The first-order valence-electron chi connectivity index (χ1n) is 6.70. The van der Waals surface area contributed by atoms with E-state index in [1.54, 1.807) is 25.8 Å². The summed E-state index contributed by atoms with van der Waals surface area (Å²) < 4.78 is 1.50. The molecule has 0 saturated carbocycles. The molecule has 0 aliphatic heterocycles. The molecular weight excluding hydrogens is 262 g/mol. The van der Waals surface area contributed by atoms with Crippen LogP contribution in [0.3, 0.4) is 0 Å². The fraction of sp³-hybridized carbons (Fsp3) is 0.118. The minimum atomic E-state index is -0.0533. The summed E-state index contributed by atoms with van der Waals surface area (Å²) in [6.07, 6.45) is 4.96. The maximum Gasteiger partial charge on any atom is 0.261 e. The van der Waals surface area contributed by atoms with Gasteiger partial charge in [0, 0.05) is 25.0 Å². The molecule has 3 rings (SSSR count). The van der Waals surface area contributed by atoms with Crippen LogP contribution in [0, 0.1) is 6.92 Å². The molecule has 0 unspecified atom stereocenters.